The van der Waals surface area contributed by atoms with E-state index in [4.69, 9.17) is 23.2 Å². The van der Waals surface area contributed by atoms with Gasteiger partial charge in [-0.05, 0) is 23.8 Å². The minimum Gasteiger partial charge on any atom is -0.341 e. The third kappa shape index (κ3) is 4.11. The van der Waals surface area contributed by atoms with Crippen LogP contribution in [0.15, 0.2) is 47.4 Å². The van der Waals surface area contributed by atoms with Gasteiger partial charge in [0.2, 0.25) is 11.8 Å². The van der Waals surface area contributed by atoms with Gasteiger partial charge in [-0.3, -0.25) is 9.59 Å². The third-order valence-electron chi connectivity index (χ3n) is 3.93. The summed E-state index contributed by atoms with van der Waals surface area (Å²) < 4.78 is 0. The summed E-state index contributed by atoms with van der Waals surface area (Å²) in [6.07, 6.45) is 0.125. The lowest BCUT2D eigenvalue weighted by Crippen LogP contribution is -2.35. The molecule has 0 saturated carbocycles. The molecule has 0 unspecified atom stereocenters. The number of nitrogens with zero attached hydrogens (tertiary/aromatic N) is 1. The van der Waals surface area contributed by atoms with Gasteiger partial charge in [-0.15, -0.1) is 11.8 Å². The molecule has 1 aliphatic rings. The predicted molar refractivity (Wildman–Crippen MR) is 102 cm³/mol. The maximum absolute atomic E-state index is 12.5. The Labute approximate surface area is 160 Å². The average molecular weight is 395 g/mol. The molecule has 2 aromatic carbocycles. The van der Waals surface area contributed by atoms with Gasteiger partial charge in [0.25, 0.3) is 0 Å². The van der Waals surface area contributed by atoms with Crippen LogP contribution in [-0.4, -0.2) is 29.0 Å². The topological polar surface area (TPSA) is 49.4 Å². The number of fused-ring (bicyclic) bond motifs is 1. The molecule has 1 aliphatic heterocycles. The van der Waals surface area contributed by atoms with Gasteiger partial charge >= 0.3 is 0 Å². The van der Waals surface area contributed by atoms with E-state index in [1.54, 1.807) is 24.1 Å². The fraction of sp³-hybridized carbons (Fsp3) is 0.222. The molecular weight excluding hydrogens is 379 g/mol. The van der Waals surface area contributed by atoms with Gasteiger partial charge in [0.1, 0.15) is 0 Å². The first-order chi connectivity index (χ1) is 12.0. The zero-order chi connectivity index (χ0) is 18.0. The van der Waals surface area contributed by atoms with Gasteiger partial charge in [0, 0.05) is 24.9 Å². The molecule has 2 aromatic rings. The standard InChI is InChI=1S/C18H16Cl2N2O2S/c1-22(10-11-5-4-6-12(19)17(11)20)16(23)9-15-18(24)21-13-7-2-3-8-14(13)25-15/h2-8,15H,9-10H2,1H3,(H,21,24)/t15-/m0/s1. The number of rotatable bonds is 4. The third-order valence-corrected chi connectivity index (χ3v) is 6.06. The molecule has 0 bridgehead atoms. The first-order valence-corrected chi connectivity index (χ1v) is 9.32. The number of thioether (sulfide) groups is 1. The Hall–Kier alpha value is -1.69. The predicted octanol–water partition coefficient (Wildman–Crippen LogP) is 4.45. The summed E-state index contributed by atoms with van der Waals surface area (Å²) in [5, 5.41) is 3.31. The van der Waals surface area contributed by atoms with Crippen LogP contribution in [0.3, 0.4) is 0 Å². The number of para-hydroxylation sites is 1. The van der Waals surface area contributed by atoms with E-state index in [-0.39, 0.29) is 18.2 Å². The van der Waals surface area contributed by atoms with Gasteiger partial charge in [0.15, 0.2) is 0 Å². The van der Waals surface area contributed by atoms with Crippen LogP contribution in [0.1, 0.15) is 12.0 Å². The molecule has 2 amide bonds. The summed E-state index contributed by atoms with van der Waals surface area (Å²) in [5.41, 5.74) is 1.57. The van der Waals surface area contributed by atoms with Gasteiger partial charge in [0.05, 0.1) is 21.0 Å². The van der Waals surface area contributed by atoms with Crippen LogP contribution < -0.4 is 5.32 Å². The molecule has 0 saturated heterocycles. The van der Waals surface area contributed by atoms with Crippen molar-refractivity contribution in [3.63, 3.8) is 0 Å². The maximum atomic E-state index is 12.5. The average Bonchev–Trinajstić information content (AvgIpc) is 2.59. The Morgan fingerprint density at radius 1 is 1.20 bits per heavy atom. The molecule has 1 N–H and O–H groups in total. The summed E-state index contributed by atoms with van der Waals surface area (Å²) in [5.74, 6) is -0.269. The molecule has 7 heteroatoms. The minimum atomic E-state index is -0.445. The molecular formula is C18H16Cl2N2O2S. The first kappa shape index (κ1) is 18.1. The Morgan fingerprint density at radius 2 is 1.96 bits per heavy atom. The number of hydrogen-bond donors (Lipinski definition) is 1. The summed E-state index contributed by atoms with van der Waals surface area (Å²) >= 11 is 13.6. The van der Waals surface area contributed by atoms with Crippen LogP contribution >= 0.6 is 35.0 Å². The molecule has 1 atom stereocenters. The monoisotopic (exact) mass is 394 g/mol. The van der Waals surface area contributed by atoms with Crippen molar-refractivity contribution in [3.05, 3.63) is 58.1 Å². The second-order valence-electron chi connectivity index (χ2n) is 5.76. The molecule has 4 nitrogen and oxygen atoms in total. The Bertz CT molecular complexity index is 828. The number of anilines is 1. The minimum absolute atomic E-state index is 0.122. The molecule has 25 heavy (non-hydrogen) atoms. The first-order valence-electron chi connectivity index (χ1n) is 7.69. The van der Waals surface area contributed by atoms with E-state index in [1.165, 1.54) is 11.8 Å². The van der Waals surface area contributed by atoms with E-state index in [0.717, 1.165) is 16.1 Å². The zero-order valence-electron chi connectivity index (χ0n) is 13.5. The maximum Gasteiger partial charge on any atom is 0.238 e. The highest BCUT2D eigenvalue weighted by Crippen LogP contribution is 2.36. The molecule has 0 aromatic heterocycles. The van der Waals surface area contributed by atoms with Crippen LogP contribution in [0.2, 0.25) is 10.0 Å². The Morgan fingerprint density at radius 3 is 2.76 bits per heavy atom. The molecule has 130 valence electrons. The Kier molecular flexibility index (Phi) is 5.57. The summed E-state index contributed by atoms with van der Waals surface area (Å²) in [6, 6.07) is 12.9. The largest absolute Gasteiger partial charge is 0.341 e. The van der Waals surface area contributed by atoms with Crippen molar-refractivity contribution in [1.82, 2.24) is 4.90 Å². The number of carbonyl (C=O) groups is 2. The molecule has 0 spiro atoms. The number of halogens is 2. The van der Waals surface area contributed by atoms with E-state index < -0.39 is 5.25 Å². The number of nitrogens with one attached hydrogen (secondary N) is 1. The second kappa shape index (κ2) is 7.68. The normalized spacial score (nSPS) is 16.1. The smallest absolute Gasteiger partial charge is 0.238 e. The van der Waals surface area contributed by atoms with Crippen LogP contribution in [0.4, 0.5) is 5.69 Å². The van der Waals surface area contributed by atoms with Gasteiger partial charge in [-0.2, -0.15) is 0 Å². The number of hydrogen-bond acceptors (Lipinski definition) is 3. The molecule has 3 rings (SSSR count). The van der Waals surface area contributed by atoms with Gasteiger partial charge in [-0.1, -0.05) is 47.5 Å². The summed E-state index contributed by atoms with van der Waals surface area (Å²) in [6.45, 7) is 0.341. The van der Waals surface area contributed by atoms with E-state index >= 15 is 0 Å². The fourth-order valence-corrected chi connectivity index (χ4v) is 4.04. The second-order valence-corrected chi connectivity index (χ2v) is 7.79. The molecule has 0 aliphatic carbocycles. The highest BCUT2D eigenvalue weighted by atomic mass is 35.5. The van der Waals surface area contributed by atoms with E-state index in [2.05, 4.69) is 5.32 Å². The van der Waals surface area contributed by atoms with Crippen LogP contribution in [0.25, 0.3) is 0 Å². The Balaban J connectivity index is 1.66. The summed E-state index contributed by atoms with van der Waals surface area (Å²) in [4.78, 5) is 27.3. The van der Waals surface area contributed by atoms with E-state index in [1.807, 2.05) is 30.3 Å². The van der Waals surface area contributed by atoms with Crippen LogP contribution in [-0.2, 0) is 16.1 Å². The zero-order valence-corrected chi connectivity index (χ0v) is 15.8. The van der Waals surface area contributed by atoms with Crippen molar-refractivity contribution < 1.29 is 9.59 Å². The fourth-order valence-electron chi connectivity index (χ4n) is 2.56. The van der Waals surface area contributed by atoms with Crippen molar-refractivity contribution >= 4 is 52.5 Å². The highest BCUT2D eigenvalue weighted by Gasteiger charge is 2.29. The molecule has 1 heterocycles. The highest BCUT2D eigenvalue weighted by molar-refractivity contribution is 8.01. The van der Waals surface area contributed by atoms with Crippen molar-refractivity contribution in [3.8, 4) is 0 Å². The SMILES string of the molecule is CN(Cc1cccc(Cl)c1Cl)C(=O)C[C@@H]1Sc2ccccc2NC1=O. The van der Waals surface area contributed by atoms with Gasteiger partial charge in [-0.25, -0.2) is 0 Å². The van der Waals surface area contributed by atoms with E-state index in [0.29, 0.717) is 16.6 Å². The number of benzene rings is 2. The van der Waals surface area contributed by atoms with Crippen LogP contribution in [0, 0.1) is 0 Å². The number of amides is 2. The molecule has 0 radical (unpaired) electrons. The van der Waals surface area contributed by atoms with Crippen LogP contribution in [0.5, 0.6) is 0 Å². The van der Waals surface area contributed by atoms with Crippen molar-refractivity contribution in [2.24, 2.45) is 0 Å². The van der Waals surface area contributed by atoms with Crippen molar-refractivity contribution in [2.45, 2.75) is 23.1 Å². The molecule has 0 fully saturated rings. The lowest BCUT2D eigenvalue weighted by molar-refractivity contribution is -0.131. The van der Waals surface area contributed by atoms with Crippen molar-refractivity contribution in [1.29, 1.82) is 0 Å². The quantitative estimate of drug-likeness (QED) is 0.832. The van der Waals surface area contributed by atoms with Gasteiger partial charge < -0.3 is 10.2 Å². The van der Waals surface area contributed by atoms with E-state index in [9.17, 15) is 9.59 Å². The lowest BCUT2D eigenvalue weighted by atomic mass is 10.2. The number of carbonyl (C=O) groups excluding carboxylic acids is 2. The summed E-state index contributed by atoms with van der Waals surface area (Å²) in [7, 11) is 1.69. The van der Waals surface area contributed by atoms with Crippen molar-refractivity contribution in [2.75, 3.05) is 12.4 Å². The lowest BCUT2D eigenvalue weighted by Gasteiger charge is -2.25.